The van der Waals surface area contributed by atoms with Crippen molar-refractivity contribution >= 4 is 40.5 Å². The number of unbranched alkanes of at least 4 members (excludes halogenated alkanes) is 1. The molecule has 4 amide bonds. The molecule has 0 unspecified atom stereocenters. The van der Waals surface area contributed by atoms with Gasteiger partial charge in [-0.1, -0.05) is 24.6 Å². The smallest absolute Gasteiger partial charge is 0.315 e. The lowest BCUT2D eigenvalue weighted by atomic mass is 10.0. The number of amides is 4. The van der Waals surface area contributed by atoms with Crippen LogP contribution in [0.4, 0.5) is 4.79 Å². The second-order valence-electron chi connectivity index (χ2n) is 9.17. The first-order valence-electron chi connectivity index (χ1n) is 11.9. The molecular weight excluding hydrogens is 438 g/mol. The lowest BCUT2D eigenvalue weighted by molar-refractivity contribution is -0.139. The number of nitrogens with zero attached hydrogens (tertiary/aromatic N) is 2. The summed E-state index contributed by atoms with van der Waals surface area (Å²) in [6.07, 6.45) is 5.75. The highest BCUT2D eigenvalue weighted by Gasteiger charge is 2.42. The first-order chi connectivity index (χ1) is 16.1. The predicted octanol–water partition coefficient (Wildman–Crippen LogP) is 2.11. The molecule has 0 bridgehead atoms. The van der Waals surface area contributed by atoms with E-state index in [1.165, 1.54) is 0 Å². The summed E-state index contributed by atoms with van der Waals surface area (Å²) in [7, 11) is 0. The highest BCUT2D eigenvalue weighted by molar-refractivity contribution is 8.00. The molecule has 8 nitrogen and oxygen atoms in total. The number of urea groups is 1. The average Bonchev–Trinajstić information content (AvgIpc) is 3.51. The van der Waals surface area contributed by atoms with Gasteiger partial charge in [-0.15, -0.1) is 0 Å². The second kappa shape index (κ2) is 9.67. The van der Waals surface area contributed by atoms with Crippen LogP contribution < -0.4 is 10.6 Å². The van der Waals surface area contributed by atoms with Gasteiger partial charge in [-0.3, -0.25) is 9.59 Å². The van der Waals surface area contributed by atoms with Crippen molar-refractivity contribution in [3.05, 3.63) is 36.0 Å². The van der Waals surface area contributed by atoms with Crippen LogP contribution in [0.1, 0.15) is 31.2 Å². The molecule has 4 heterocycles. The Hall–Kier alpha value is -2.68. The number of aromatic nitrogens is 1. The van der Waals surface area contributed by atoms with Crippen LogP contribution in [-0.4, -0.2) is 81.9 Å². The maximum absolute atomic E-state index is 12.8. The molecule has 3 aliphatic rings. The Balaban J connectivity index is 1.02. The van der Waals surface area contributed by atoms with Gasteiger partial charge in [0.2, 0.25) is 11.8 Å². The van der Waals surface area contributed by atoms with Gasteiger partial charge < -0.3 is 25.4 Å². The van der Waals surface area contributed by atoms with Crippen LogP contribution in [0, 0.1) is 0 Å². The molecule has 3 aliphatic heterocycles. The molecule has 0 aliphatic carbocycles. The van der Waals surface area contributed by atoms with Crippen molar-refractivity contribution in [1.29, 1.82) is 0 Å². The van der Waals surface area contributed by atoms with Gasteiger partial charge in [0.25, 0.3) is 0 Å². The number of hydrogen-bond donors (Lipinski definition) is 3. The van der Waals surface area contributed by atoms with Gasteiger partial charge in [0.15, 0.2) is 0 Å². The number of rotatable bonds is 7. The molecule has 9 heteroatoms. The topological polar surface area (TPSA) is 97.5 Å². The van der Waals surface area contributed by atoms with Crippen molar-refractivity contribution in [2.45, 2.75) is 49.4 Å². The third-order valence-electron chi connectivity index (χ3n) is 7.07. The molecule has 5 rings (SSSR count). The second-order valence-corrected chi connectivity index (χ2v) is 10.4. The summed E-state index contributed by atoms with van der Waals surface area (Å²) < 4.78 is 0. The van der Waals surface area contributed by atoms with Crippen LogP contribution in [0.15, 0.2) is 30.5 Å². The quantitative estimate of drug-likeness (QED) is 0.427. The fraction of sp³-hybridized carbons (Fsp3) is 0.542. The zero-order chi connectivity index (χ0) is 22.8. The van der Waals surface area contributed by atoms with Crippen molar-refractivity contribution in [1.82, 2.24) is 25.4 Å². The molecule has 1 aromatic carbocycles. The Labute approximate surface area is 197 Å². The van der Waals surface area contributed by atoms with Crippen LogP contribution in [0.2, 0.25) is 0 Å². The number of carbonyl (C=O) groups excluding carboxylic acids is 3. The van der Waals surface area contributed by atoms with Crippen molar-refractivity contribution < 1.29 is 14.4 Å². The summed E-state index contributed by atoms with van der Waals surface area (Å²) in [5.74, 6) is 1.27. The average molecular weight is 470 g/mol. The van der Waals surface area contributed by atoms with E-state index in [-0.39, 0.29) is 29.9 Å². The monoisotopic (exact) mass is 469 g/mol. The van der Waals surface area contributed by atoms with Crippen LogP contribution in [-0.2, 0) is 16.0 Å². The van der Waals surface area contributed by atoms with Crippen LogP contribution in [0.25, 0.3) is 10.9 Å². The van der Waals surface area contributed by atoms with Gasteiger partial charge >= 0.3 is 6.03 Å². The van der Waals surface area contributed by atoms with Crippen LogP contribution in [0.3, 0.4) is 0 Å². The van der Waals surface area contributed by atoms with E-state index in [1.54, 1.807) is 0 Å². The van der Waals surface area contributed by atoms with Crippen molar-refractivity contribution in [3.63, 3.8) is 0 Å². The fourth-order valence-corrected chi connectivity index (χ4v) is 6.72. The maximum Gasteiger partial charge on any atom is 0.315 e. The number of aromatic amines is 1. The van der Waals surface area contributed by atoms with Crippen molar-refractivity contribution in [3.8, 4) is 0 Å². The van der Waals surface area contributed by atoms with Gasteiger partial charge in [0.1, 0.15) is 0 Å². The van der Waals surface area contributed by atoms with E-state index in [0.717, 1.165) is 41.5 Å². The molecule has 3 N–H and O–H groups in total. The van der Waals surface area contributed by atoms with E-state index in [1.807, 2.05) is 52.0 Å². The Morgan fingerprint density at radius 2 is 1.76 bits per heavy atom. The molecule has 176 valence electrons. The van der Waals surface area contributed by atoms with E-state index in [2.05, 4.69) is 15.6 Å². The summed E-state index contributed by atoms with van der Waals surface area (Å²) in [6.45, 7) is 2.42. The minimum atomic E-state index is -0.0513. The number of para-hydroxylation sites is 1. The molecule has 3 saturated heterocycles. The number of nitrogens with one attached hydrogen (secondary N) is 3. The molecule has 0 radical (unpaired) electrons. The van der Waals surface area contributed by atoms with E-state index in [9.17, 15) is 14.4 Å². The summed E-state index contributed by atoms with van der Waals surface area (Å²) in [4.78, 5) is 43.9. The Bertz CT molecular complexity index is 1030. The first-order valence-corrected chi connectivity index (χ1v) is 12.9. The number of carbonyl (C=O) groups is 3. The number of H-pyrrole nitrogens is 1. The highest BCUT2D eigenvalue weighted by atomic mass is 32.2. The van der Waals surface area contributed by atoms with Crippen LogP contribution >= 0.6 is 11.8 Å². The van der Waals surface area contributed by atoms with Gasteiger partial charge in [-0.25, -0.2) is 4.79 Å². The maximum atomic E-state index is 12.8. The Morgan fingerprint density at radius 1 is 1.00 bits per heavy atom. The van der Waals surface area contributed by atoms with E-state index < -0.39 is 0 Å². The van der Waals surface area contributed by atoms with Crippen molar-refractivity contribution in [2.75, 3.05) is 31.9 Å². The minimum Gasteiger partial charge on any atom is -0.361 e. The third kappa shape index (κ3) is 4.83. The van der Waals surface area contributed by atoms with Crippen LogP contribution in [0.5, 0.6) is 0 Å². The third-order valence-corrected chi connectivity index (χ3v) is 8.58. The summed E-state index contributed by atoms with van der Waals surface area (Å²) >= 11 is 1.92. The molecule has 3 atom stereocenters. The number of fused-ring (bicyclic) bond motifs is 2. The number of piperazine rings is 1. The minimum absolute atomic E-state index is 0.0513. The normalized spacial score (nSPS) is 24.6. The van der Waals surface area contributed by atoms with Gasteiger partial charge in [0.05, 0.1) is 18.5 Å². The van der Waals surface area contributed by atoms with Crippen molar-refractivity contribution in [2.24, 2.45) is 0 Å². The lowest BCUT2D eigenvalue weighted by Crippen LogP contribution is -2.50. The molecule has 33 heavy (non-hydrogen) atoms. The first kappa shape index (κ1) is 22.1. The molecular formula is C24H31N5O3S. The number of benzene rings is 1. The molecule has 0 saturated carbocycles. The SMILES string of the molecule is O=C1N[C@H]2[C@H](CS[C@H]2CCCCC(=O)N2CCN(C(=O)Cc3c[nH]c4ccccc34)CC2)N1. The Morgan fingerprint density at radius 3 is 2.58 bits per heavy atom. The summed E-state index contributed by atoms with van der Waals surface area (Å²) in [6, 6.07) is 8.45. The van der Waals surface area contributed by atoms with E-state index in [4.69, 9.17) is 0 Å². The zero-order valence-corrected chi connectivity index (χ0v) is 19.5. The largest absolute Gasteiger partial charge is 0.361 e. The number of thioether (sulfide) groups is 1. The lowest BCUT2D eigenvalue weighted by Gasteiger charge is -2.35. The highest BCUT2D eigenvalue weighted by Crippen LogP contribution is 2.33. The predicted molar refractivity (Wildman–Crippen MR) is 129 cm³/mol. The fourth-order valence-electron chi connectivity index (χ4n) is 5.18. The Kier molecular flexibility index (Phi) is 6.48. The number of hydrogen-bond acceptors (Lipinski definition) is 4. The summed E-state index contributed by atoms with van der Waals surface area (Å²) in [5.41, 5.74) is 2.07. The van der Waals surface area contributed by atoms with Gasteiger partial charge in [-0.05, 0) is 24.5 Å². The van der Waals surface area contributed by atoms with E-state index >= 15 is 0 Å². The molecule has 3 fully saturated rings. The standard InChI is InChI=1S/C24H31N5O3S/c30-21(8-4-3-7-20-23-19(15-33-20)26-24(32)27-23)28-9-11-29(12-10-28)22(31)13-16-14-25-18-6-2-1-5-17(16)18/h1-2,5-6,14,19-20,23,25H,3-4,7-13,15H2,(H2,26,27,32)/t19-,20-,23-/m0/s1. The molecule has 1 aromatic heterocycles. The zero-order valence-electron chi connectivity index (χ0n) is 18.7. The van der Waals surface area contributed by atoms with Gasteiger partial charge in [0, 0.05) is 60.7 Å². The molecule has 2 aromatic rings. The van der Waals surface area contributed by atoms with E-state index in [0.29, 0.717) is 44.3 Å². The molecule has 0 spiro atoms. The summed E-state index contributed by atoms with van der Waals surface area (Å²) in [5, 5.41) is 7.53. The van der Waals surface area contributed by atoms with Gasteiger partial charge in [-0.2, -0.15) is 11.8 Å².